The van der Waals surface area contributed by atoms with Gasteiger partial charge in [0, 0.05) is 30.4 Å². The Labute approximate surface area is 174 Å². The zero-order valence-corrected chi connectivity index (χ0v) is 16.7. The van der Waals surface area contributed by atoms with E-state index in [1.807, 2.05) is 29.1 Å². The van der Waals surface area contributed by atoms with Crippen LogP contribution in [0.15, 0.2) is 42.7 Å². The lowest BCUT2D eigenvalue weighted by atomic mass is 9.82. The van der Waals surface area contributed by atoms with Gasteiger partial charge in [0.1, 0.15) is 5.54 Å². The summed E-state index contributed by atoms with van der Waals surface area (Å²) in [5.41, 5.74) is 0.590. The number of halogens is 1. The van der Waals surface area contributed by atoms with Crippen LogP contribution in [0.1, 0.15) is 38.5 Å². The Hall–Kier alpha value is -2.80. The van der Waals surface area contributed by atoms with E-state index in [1.165, 1.54) is 4.90 Å². The van der Waals surface area contributed by atoms with Crippen molar-refractivity contribution in [2.75, 3.05) is 11.9 Å². The molecule has 7 nitrogen and oxygen atoms in total. The van der Waals surface area contributed by atoms with Gasteiger partial charge in [0.05, 0.1) is 11.4 Å². The molecule has 2 N–H and O–H groups in total. The van der Waals surface area contributed by atoms with E-state index in [-0.39, 0.29) is 24.8 Å². The van der Waals surface area contributed by atoms with Crippen LogP contribution in [0.4, 0.5) is 10.5 Å². The maximum absolute atomic E-state index is 12.8. The van der Waals surface area contributed by atoms with Crippen LogP contribution in [0.2, 0.25) is 5.02 Å². The first-order valence-corrected chi connectivity index (χ1v) is 10.2. The smallest absolute Gasteiger partial charge is 0.324 e. The highest BCUT2D eigenvalue weighted by Gasteiger charge is 2.51. The third kappa shape index (κ3) is 3.87. The number of aromatic nitrogens is 1. The summed E-state index contributed by atoms with van der Waals surface area (Å²) < 4.78 is 1.85. The van der Waals surface area contributed by atoms with Crippen LogP contribution in [0.25, 0.3) is 5.69 Å². The second-order valence-corrected chi connectivity index (χ2v) is 8.02. The average molecular weight is 415 g/mol. The van der Waals surface area contributed by atoms with Crippen molar-refractivity contribution in [2.24, 2.45) is 0 Å². The highest BCUT2D eigenvalue weighted by molar-refractivity contribution is 6.31. The van der Waals surface area contributed by atoms with Crippen molar-refractivity contribution in [3.63, 3.8) is 0 Å². The van der Waals surface area contributed by atoms with Crippen LogP contribution in [0.5, 0.6) is 0 Å². The quantitative estimate of drug-likeness (QED) is 0.731. The molecule has 8 heteroatoms. The molecule has 1 aromatic carbocycles. The number of carbonyl (C=O) groups is 3. The van der Waals surface area contributed by atoms with E-state index >= 15 is 0 Å². The highest BCUT2D eigenvalue weighted by atomic mass is 35.5. The number of rotatable bonds is 5. The fraction of sp³-hybridized carbons (Fsp3) is 0.381. The van der Waals surface area contributed by atoms with Crippen molar-refractivity contribution in [1.82, 2.24) is 14.8 Å². The topological polar surface area (TPSA) is 83.4 Å². The molecule has 2 aromatic rings. The number of nitrogens with one attached hydrogen (secondary N) is 2. The molecule has 4 rings (SSSR count). The third-order valence-corrected chi connectivity index (χ3v) is 5.87. The number of hydrogen-bond acceptors (Lipinski definition) is 3. The molecule has 0 atom stereocenters. The predicted molar refractivity (Wildman–Crippen MR) is 110 cm³/mol. The molecule has 29 heavy (non-hydrogen) atoms. The van der Waals surface area contributed by atoms with Crippen LogP contribution in [-0.2, 0) is 9.59 Å². The molecule has 0 bridgehead atoms. The van der Waals surface area contributed by atoms with Gasteiger partial charge >= 0.3 is 6.03 Å². The Morgan fingerprint density at radius 2 is 1.86 bits per heavy atom. The monoisotopic (exact) mass is 414 g/mol. The van der Waals surface area contributed by atoms with Gasteiger partial charge in [-0.3, -0.25) is 14.5 Å². The maximum Gasteiger partial charge on any atom is 0.325 e. The van der Waals surface area contributed by atoms with E-state index in [0.717, 1.165) is 24.9 Å². The summed E-state index contributed by atoms with van der Waals surface area (Å²) in [4.78, 5) is 38.8. The van der Waals surface area contributed by atoms with Crippen molar-refractivity contribution in [1.29, 1.82) is 0 Å². The second-order valence-electron chi connectivity index (χ2n) is 7.58. The van der Waals surface area contributed by atoms with Crippen molar-refractivity contribution in [3.8, 4) is 5.69 Å². The van der Waals surface area contributed by atoms with E-state index < -0.39 is 11.6 Å². The molecule has 2 fully saturated rings. The van der Waals surface area contributed by atoms with Gasteiger partial charge in [-0.05, 0) is 43.2 Å². The zero-order chi connectivity index (χ0) is 20.4. The number of carbonyl (C=O) groups excluding carboxylic acids is 3. The summed E-state index contributed by atoms with van der Waals surface area (Å²) in [6, 6.07) is 8.57. The van der Waals surface area contributed by atoms with E-state index in [1.54, 1.807) is 18.2 Å². The zero-order valence-electron chi connectivity index (χ0n) is 16.0. The van der Waals surface area contributed by atoms with Crippen LogP contribution >= 0.6 is 11.6 Å². The van der Waals surface area contributed by atoms with Crippen molar-refractivity contribution < 1.29 is 14.4 Å². The molecular formula is C21H23ClN4O3. The summed E-state index contributed by atoms with van der Waals surface area (Å²) in [5, 5.41) is 6.29. The maximum atomic E-state index is 12.8. The predicted octanol–water partition coefficient (Wildman–Crippen LogP) is 3.71. The Balaban J connectivity index is 1.41. The Morgan fingerprint density at radius 1 is 1.14 bits per heavy atom. The standard InChI is InChI=1S/C21H23ClN4O3/c22-15-6-7-16(17(14-15)25-11-4-5-12-25)23-18(27)8-13-26-19(28)21(24-20(26)29)9-2-1-3-10-21/h4-7,11-12,14H,1-3,8-10,13H2,(H,23,27)(H,24,29). The summed E-state index contributed by atoms with van der Waals surface area (Å²) in [5.74, 6) is -0.472. The van der Waals surface area contributed by atoms with E-state index in [0.29, 0.717) is 23.6 Å². The molecule has 1 aliphatic carbocycles. The number of amides is 4. The molecule has 1 aromatic heterocycles. The minimum absolute atomic E-state index is 0.0307. The lowest BCUT2D eigenvalue weighted by Crippen LogP contribution is -2.48. The molecule has 152 valence electrons. The van der Waals surface area contributed by atoms with Crippen molar-refractivity contribution >= 4 is 35.1 Å². The van der Waals surface area contributed by atoms with Gasteiger partial charge in [-0.15, -0.1) is 0 Å². The summed E-state index contributed by atoms with van der Waals surface area (Å²) >= 11 is 6.11. The van der Waals surface area contributed by atoms with Crippen LogP contribution in [0, 0.1) is 0 Å². The number of anilines is 1. The van der Waals surface area contributed by atoms with Crippen LogP contribution in [-0.4, -0.2) is 39.4 Å². The third-order valence-electron chi connectivity index (χ3n) is 5.63. The minimum Gasteiger partial charge on any atom is -0.324 e. The number of imide groups is 1. The first-order chi connectivity index (χ1) is 14.0. The molecular weight excluding hydrogens is 392 g/mol. The van der Waals surface area contributed by atoms with Crippen LogP contribution < -0.4 is 10.6 Å². The molecule has 2 heterocycles. The normalized spacial score (nSPS) is 18.2. The fourth-order valence-corrected chi connectivity index (χ4v) is 4.29. The number of nitrogens with zero attached hydrogens (tertiary/aromatic N) is 2. The van der Waals surface area contributed by atoms with Gasteiger partial charge in [-0.2, -0.15) is 0 Å². The van der Waals surface area contributed by atoms with Gasteiger partial charge in [0.2, 0.25) is 5.91 Å². The molecule has 0 unspecified atom stereocenters. The SMILES string of the molecule is O=C(CCN1C(=O)NC2(CCCCC2)C1=O)Nc1ccc(Cl)cc1-n1cccc1. The lowest BCUT2D eigenvalue weighted by molar-refractivity contribution is -0.132. The summed E-state index contributed by atoms with van der Waals surface area (Å²) in [6.45, 7) is 0.0602. The minimum atomic E-state index is -0.760. The van der Waals surface area contributed by atoms with Gasteiger partial charge in [0.25, 0.3) is 5.91 Å². The lowest BCUT2D eigenvalue weighted by Gasteiger charge is -2.30. The van der Waals surface area contributed by atoms with Crippen molar-refractivity contribution in [3.05, 3.63) is 47.7 Å². The fourth-order valence-electron chi connectivity index (χ4n) is 4.12. The Bertz CT molecular complexity index is 935. The molecule has 1 saturated heterocycles. The largest absolute Gasteiger partial charge is 0.325 e. The molecule has 4 amide bonds. The molecule has 1 saturated carbocycles. The Kier molecular flexibility index (Phi) is 5.32. The number of benzene rings is 1. The molecule has 1 spiro atoms. The van der Waals surface area contributed by atoms with Gasteiger partial charge < -0.3 is 15.2 Å². The van der Waals surface area contributed by atoms with Gasteiger partial charge in [0.15, 0.2) is 0 Å². The van der Waals surface area contributed by atoms with E-state index in [2.05, 4.69) is 10.6 Å². The molecule has 0 radical (unpaired) electrons. The first-order valence-electron chi connectivity index (χ1n) is 9.85. The summed E-state index contributed by atoms with van der Waals surface area (Å²) in [7, 11) is 0. The molecule has 2 aliphatic rings. The van der Waals surface area contributed by atoms with E-state index in [4.69, 9.17) is 11.6 Å². The van der Waals surface area contributed by atoms with E-state index in [9.17, 15) is 14.4 Å². The van der Waals surface area contributed by atoms with Crippen molar-refractivity contribution in [2.45, 2.75) is 44.1 Å². The Morgan fingerprint density at radius 3 is 2.59 bits per heavy atom. The number of hydrogen-bond donors (Lipinski definition) is 2. The average Bonchev–Trinajstić information content (AvgIpc) is 3.31. The summed E-state index contributed by atoms with van der Waals surface area (Å²) in [6.07, 6.45) is 8.03. The van der Waals surface area contributed by atoms with Gasteiger partial charge in [-0.25, -0.2) is 4.79 Å². The van der Waals surface area contributed by atoms with Crippen LogP contribution in [0.3, 0.4) is 0 Å². The van der Waals surface area contributed by atoms with Gasteiger partial charge in [-0.1, -0.05) is 30.9 Å². The molecule has 1 aliphatic heterocycles. The first kappa shape index (κ1) is 19.5. The highest BCUT2D eigenvalue weighted by Crippen LogP contribution is 2.33. The number of urea groups is 1. The second kappa shape index (κ2) is 7.91.